The van der Waals surface area contributed by atoms with E-state index in [0.717, 1.165) is 21.2 Å². The lowest BCUT2D eigenvalue weighted by Gasteiger charge is -2.07. The smallest absolute Gasteiger partial charge is 0.190 e. The van der Waals surface area contributed by atoms with Crippen molar-refractivity contribution in [1.29, 1.82) is 0 Å². The Morgan fingerprint density at radius 2 is 1.43 bits per heavy atom. The van der Waals surface area contributed by atoms with E-state index >= 15 is 0 Å². The number of hydrogen-bond acceptors (Lipinski definition) is 5. The molecule has 0 spiro atoms. The van der Waals surface area contributed by atoms with Crippen molar-refractivity contribution in [2.75, 3.05) is 0 Å². The Kier molecular flexibility index (Phi) is 3.27. The summed E-state index contributed by atoms with van der Waals surface area (Å²) in [5.74, 6) is 0. The maximum absolute atomic E-state index is 4.69. The molecule has 6 rings (SSSR count). The molecule has 5 nitrogen and oxygen atoms in total. The Morgan fingerprint density at radius 1 is 0.714 bits per heavy atom. The maximum Gasteiger partial charge on any atom is 0.190 e. The number of thiazole rings is 1. The number of nitrogens with zero attached hydrogens (tertiary/aromatic N) is 5. The van der Waals surface area contributed by atoms with Crippen LogP contribution < -0.4 is 0 Å². The van der Waals surface area contributed by atoms with Crippen LogP contribution in [-0.2, 0) is 0 Å². The van der Waals surface area contributed by atoms with Gasteiger partial charge in [-0.3, -0.25) is 4.98 Å². The molecule has 0 fully saturated rings. The van der Waals surface area contributed by atoms with Gasteiger partial charge in [0.15, 0.2) is 10.5 Å². The van der Waals surface area contributed by atoms with Crippen LogP contribution in [0, 0.1) is 0 Å². The van der Waals surface area contributed by atoms with Crippen LogP contribution in [0.5, 0.6) is 0 Å². The minimum Gasteiger partial charge on any atom is -0.308 e. The summed E-state index contributed by atoms with van der Waals surface area (Å²) in [7, 11) is 0. The summed E-state index contributed by atoms with van der Waals surface area (Å²) >= 11 is 1.50. The van der Waals surface area contributed by atoms with Crippen LogP contribution in [0.15, 0.2) is 79.3 Å². The number of pyridine rings is 1. The fraction of sp³-hybridized carbons (Fsp3) is 0. The Bertz CT molecular complexity index is 1380. The first-order chi connectivity index (χ1) is 13.9. The van der Waals surface area contributed by atoms with Crippen molar-refractivity contribution in [2.24, 2.45) is 0 Å². The number of rotatable bonds is 2. The van der Waals surface area contributed by atoms with Gasteiger partial charge in [-0.1, -0.05) is 47.7 Å². The highest BCUT2D eigenvalue weighted by Crippen LogP contribution is 2.32. The molecule has 28 heavy (non-hydrogen) atoms. The van der Waals surface area contributed by atoms with Crippen molar-refractivity contribution in [2.45, 2.75) is 0 Å². The van der Waals surface area contributed by atoms with E-state index in [9.17, 15) is 0 Å². The highest BCUT2D eigenvalue weighted by molar-refractivity contribution is 7.21. The lowest BCUT2D eigenvalue weighted by molar-refractivity contribution is 1.14. The van der Waals surface area contributed by atoms with E-state index in [1.807, 2.05) is 12.3 Å². The third-order valence-corrected chi connectivity index (χ3v) is 5.83. The lowest BCUT2D eigenvalue weighted by atomic mass is 10.2. The number of hydrogen-bond donors (Lipinski definition) is 0. The van der Waals surface area contributed by atoms with E-state index in [1.165, 1.54) is 33.1 Å². The first kappa shape index (κ1) is 15.4. The zero-order valence-electron chi connectivity index (χ0n) is 14.6. The van der Waals surface area contributed by atoms with Gasteiger partial charge in [-0.05, 0) is 24.3 Å². The second-order valence-electron chi connectivity index (χ2n) is 6.48. The maximum atomic E-state index is 4.69. The Hall–Kier alpha value is -3.64. The molecular formula is C22H13N5S. The molecule has 0 radical (unpaired) electrons. The van der Waals surface area contributed by atoms with E-state index < -0.39 is 0 Å². The van der Waals surface area contributed by atoms with Gasteiger partial charge in [-0.15, -0.1) is 0 Å². The van der Waals surface area contributed by atoms with Crippen LogP contribution in [0.3, 0.4) is 0 Å². The minimum absolute atomic E-state index is 0.663. The minimum atomic E-state index is 0.663. The summed E-state index contributed by atoms with van der Waals surface area (Å²) in [6.07, 6.45) is 5.24. The molecule has 6 aromatic rings. The zero-order chi connectivity index (χ0) is 18.5. The molecule has 4 heterocycles. The summed E-state index contributed by atoms with van der Waals surface area (Å²) in [6.45, 7) is 0. The van der Waals surface area contributed by atoms with Gasteiger partial charge in [-0.2, -0.15) is 0 Å². The lowest BCUT2D eigenvalue weighted by Crippen LogP contribution is -1.95. The fourth-order valence-electron chi connectivity index (χ4n) is 3.63. The third kappa shape index (κ3) is 2.25. The molecule has 0 saturated carbocycles. The molecule has 0 aliphatic heterocycles. The largest absolute Gasteiger partial charge is 0.308 e. The summed E-state index contributed by atoms with van der Waals surface area (Å²) < 4.78 is 2.25. The number of fused-ring (bicyclic) bond motifs is 4. The van der Waals surface area contributed by atoms with E-state index in [0.29, 0.717) is 5.65 Å². The van der Waals surface area contributed by atoms with E-state index in [-0.39, 0.29) is 0 Å². The van der Waals surface area contributed by atoms with E-state index in [4.69, 9.17) is 0 Å². The summed E-state index contributed by atoms with van der Waals surface area (Å²) in [5.41, 5.74) is 4.86. The van der Waals surface area contributed by atoms with Gasteiger partial charge in [-0.25, -0.2) is 15.0 Å². The second-order valence-corrected chi connectivity index (χ2v) is 7.45. The summed E-state index contributed by atoms with van der Waals surface area (Å²) in [5, 5.41) is 3.31. The Balaban J connectivity index is 1.52. The second kappa shape index (κ2) is 5.94. The highest BCUT2D eigenvalue weighted by Gasteiger charge is 2.13. The van der Waals surface area contributed by atoms with Crippen LogP contribution in [0.25, 0.3) is 48.7 Å². The average molecular weight is 379 g/mol. The number of para-hydroxylation sites is 2. The predicted molar refractivity (Wildman–Crippen MR) is 113 cm³/mol. The summed E-state index contributed by atoms with van der Waals surface area (Å²) in [4.78, 5) is 18.6. The molecule has 4 aromatic heterocycles. The van der Waals surface area contributed by atoms with Crippen LogP contribution in [0.4, 0.5) is 0 Å². The molecule has 0 bridgehead atoms. The van der Waals surface area contributed by atoms with Gasteiger partial charge in [0.05, 0.1) is 28.6 Å². The van der Waals surface area contributed by atoms with Crippen molar-refractivity contribution in [3.05, 3.63) is 79.3 Å². The normalized spacial score (nSPS) is 11.6. The van der Waals surface area contributed by atoms with Crippen molar-refractivity contribution in [3.8, 4) is 16.4 Å². The molecule has 0 amide bonds. The number of aromatic nitrogens is 5. The van der Waals surface area contributed by atoms with Crippen molar-refractivity contribution >= 4 is 43.6 Å². The fourth-order valence-corrected chi connectivity index (χ4v) is 4.48. The van der Waals surface area contributed by atoms with Gasteiger partial charge < -0.3 is 4.57 Å². The van der Waals surface area contributed by atoms with Crippen LogP contribution >= 0.6 is 11.3 Å². The summed E-state index contributed by atoms with van der Waals surface area (Å²) in [6, 6.07) is 21.0. The van der Waals surface area contributed by atoms with Gasteiger partial charge in [0.1, 0.15) is 5.01 Å². The van der Waals surface area contributed by atoms with Gasteiger partial charge in [0.25, 0.3) is 0 Å². The van der Waals surface area contributed by atoms with Crippen molar-refractivity contribution in [1.82, 2.24) is 24.5 Å². The molecule has 2 aromatic carbocycles. The van der Waals surface area contributed by atoms with E-state index in [1.54, 1.807) is 12.4 Å². The number of benzene rings is 2. The first-order valence-electron chi connectivity index (χ1n) is 8.91. The molecule has 0 N–H and O–H groups in total. The first-order valence-corrected chi connectivity index (χ1v) is 9.73. The topological polar surface area (TPSA) is 56.5 Å². The molecule has 0 aliphatic rings. The van der Waals surface area contributed by atoms with Gasteiger partial charge in [0, 0.05) is 23.2 Å². The third-order valence-electron chi connectivity index (χ3n) is 4.85. The molecule has 132 valence electrons. The van der Waals surface area contributed by atoms with Gasteiger partial charge >= 0.3 is 0 Å². The standard InChI is InChI=1S/C22H13N5S/c1-3-7-18-15(5-1)16-6-2-4-8-19(16)27(18)14-9-10-17(25-13-14)21-26-20-22(28-21)24-12-11-23-20/h1-13H. The predicted octanol–water partition coefficient (Wildman–Crippen LogP) is 5.25. The average Bonchev–Trinajstić information content (AvgIpc) is 3.33. The molecule has 0 atom stereocenters. The van der Waals surface area contributed by atoms with Crippen molar-refractivity contribution < 1.29 is 0 Å². The monoisotopic (exact) mass is 379 g/mol. The van der Waals surface area contributed by atoms with Crippen LogP contribution in [0.1, 0.15) is 0 Å². The molecule has 6 heteroatoms. The highest BCUT2D eigenvalue weighted by atomic mass is 32.1. The molecular weight excluding hydrogens is 366 g/mol. The molecule has 0 unspecified atom stereocenters. The van der Waals surface area contributed by atoms with Crippen LogP contribution in [0.2, 0.25) is 0 Å². The SMILES string of the molecule is c1ccc2c(c1)c1ccccc1n2-c1ccc(-c2nc3nccnc3s2)nc1. The van der Waals surface area contributed by atoms with Crippen LogP contribution in [-0.4, -0.2) is 24.5 Å². The zero-order valence-corrected chi connectivity index (χ0v) is 15.5. The quantitative estimate of drug-likeness (QED) is 0.412. The Labute approximate surface area is 164 Å². The van der Waals surface area contributed by atoms with Crippen molar-refractivity contribution in [3.63, 3.8) is 0 Å². The van der Waals surface area contributed by atoms with Gasteiger partial charge in [0.2, 0.25) is 0 Å². The molecule has 0 saturated heterocycles. The Morgan fingerprint density at radius 3 is 2.11 bits per heavy atom. The molecule has 0 aliphatic carbocycles. The van der Waals surface area contributed by atoms with E-state index in [2.05, 4.69) is 79.1 Å².